The third kappa shape index (κ3) is 8.16. The quantitative estimate of drug-likeness (QED) is 0.335. The molecule has 0 heterocycles. The van der Waals surface area contributed by atoms with Crippen molar-refractivity contribution in [2.45, 2.75) is 45.4 Å². The number of unbranched alkanes of at least 4 members (excludes halogenated alkanes) is 5. The Morgan fingerprint density at radius 2 is 1.80 bits per heavy atom. The number of ether oxygens (including phenoxy) is 1. The summed E-state index contributed by atoms with van der Waals surface area (Å²) in [6.07, 6.45) is 6.82. The van der Waals surface area contributed by atoms with Crippen molar-refractivity contribution < 1.29 is 13.9 Å². The van der Waals surface area contributed by atoms with Gasteiger partial charge in [-0.2, -0.15) is 0 Å². The lowest BCUT2D eigenvalue weighted by atomic mass is 10.1. The highest BCUT2D eigenvalue weighted by molar-refractivity contribution is 5.87. The highest BCUT2D eigenvalue weighted by Crippen LogP contribution is 2.05. The lowest BCUT2D eigenvalue weighted by Crippen LogP contribution is -2.09. The van der Waals surface area contributed by atoms with Crippen molar-refractivity contribution in [2.75, 3.05) is 13.3 Å². The van der Waals surface area contributed by atoms with Gasteiger partial charge in [0, 0.05) is 0 Å². The van der Waals surface area contributed by atoms with Crippen LogP contribution in [0.3, 0.4) is 0 Å². The summed E-state index contributed by atoms with van der Waals surface area (Å²) >= 11 is 0. The van der Waals surface area contributed by atoms with E-state index in [9.17, 15) is 9.18 Å². The van der Waals surface area contributed by atoms with Crippen molar-refractivity contribution in [3.63, 3.8) is 0 Å². The average Bonchev–Trinajstić information content (AvgIpc) is 2.26. The van der Waals surface area contributed by atoms with E-state index in [0.717, 1.165) is 12.8 Å². The summed E-state index contributed by atoms with van der Waals surface area (Å²) in [6, 6.07) is 0. The van der Waals surface area contributed by atoms with Gasteiger partial charge in [-0.25, -0.2) is 9.18 Å². The average molecular weight is 216 g/mol. The summed E-state index contributed by atoms with van der Waals surface area (Å²) in [5.74, 6) is -0.606. The lowest BCUT2D eigenvalue weighted by molar-refractivity contribution is -0.139. The van der Waals surface area contributed by atoms with Gasteiger partial charge in [0.25, 0.3) is 0 Å². The number of carbonyl (C=O) groups is 1. The molecule has 0 fully saturated rings. The first-order chi connectivity index (χ1) is 7.22. The Morgan fingerprint density at radius 1 is 1.20 bits per heavy atom. The number of esters is 1. The van der Waals surface area contributed by atoms with Gasteiger partial charge >= 0.3 is 5.97 Å². The maximum atomic E-state index is 12.0. The minimum atomic E-state index is -0.824. The molecule has 0 aliphatic rings. The smallest absolute Gasteiger partial charge is 0.336 e. The van der Waals surface area contributed by atoms with Crippen LogP contribution in [0.4, 0.5) is 4.39 Å². The molecular formula is C12H21FO2. The van der Waals surface area contributed by atoms with Crippen molar-refractivity contribution in [2.24, 2.45) is 0 Å². The SMILES string of the molecule is C=C(CF)C(=O)OCCCCCCCC. The molecule has 2 nitrogen and oxygen atoms in total. The van der Waals surface area contributed by atoms with Gasteiger partial charge in [-0.3, -0.25) is 0 Å². The highest BCUT2D eigenvalue weighted by Gasteiger charge is 2.06. The topological polar surface area (TPSA) is 26.3 Å². The summed E-state index contributed by atoms with van der Waals surface area (Å²) in [7, 11) is 0. The fourth-order valence-electron chi connectivity index (χ4n) is 1.20. The second-order valence-corrected chi connectivity index (χ2v) is 3.64. The van der Waals surface area contributed by atoms with E-state index < -0.39 is 12.6 Å². The molecule has 0 saturated heterocycles. The highest BCUT2D eigenvalue weighted by atomic mass is 19.1. The van der Waals surface area contributed by atoms with E-state index in [4.69, 9.17) is 4.74 Å². The maximum Gasteiger partial charge on any atom is 0.336 e. The number of halogens is 1. The number of hydrogen-bond acceptors (Lipinski definition) is 2. The van der Waals surface area contributed by atoms with Gasteiger partial charge in [-0.1, -0.05) is 45.6 Å². The number of rotatable bonds is 9. The predicted molar refractivity (Wildman–Crippen MR) is 59.5 cm³/mol. The normalized spacial score (nSPS) is 10.0. The van der Waals surface area contributed by atoms with Gasteiger partial charge in [0.05, 0.1) is 12.2 Å². The summed E-state index contributed by atoms with van der Waals surface area (Å²) in [5, 5.41) is 0. The van der Waals surface area contributed by atoms with Crippen LogP contribution in [0.25, 0.3) is 0 Å². The van der Waals surface area contributed by atoms with E-state index in [2.05, 4.69) is 13.5 Å². The molecule has 0 aromatic carbocycles. The zero-order valence-electron chi connectivity index (χ0n) is 9.56. The van der Waals surface area contributed by atoms with Crippen molar-refractivity contribution in [1.82, 2.24) is 0 Å². The second kappa shape index (κ2) is 9.69. The minimum absolute atomic E-state index is 0.0963. The zero-order chi connectivity index (χ0) is 11.5. The molecule has 0 rings (SSSR count). The van der Waals surface area contributed by atoms with Crippen molar-refractivity contribution in [1.29, 1.82) is 0 Å². The van der Waals surface area contributed by atoms with Gasteiger partial charge in [0.2, 0.25) is 0 Å². The molecule has 0 aliphatic carbocycles. The summed E-state index contributed by atoms with van der Waals surface area (Å²) in [6.45, 7) is 4.99. The standard InChI is InChI=1S/C12H21FO2/c1-3-4-5-6-7-8-9-15-12(14)11(2)10-13/h2-10H2,1H3. The Morgan fingerprint density at radius 3 is 2.40 bits per heavy atom. The molecule has 0 amide bonds. The number of hydrogen-bond donors (Lipinski definition) is 0. The first-order valence-electron chi connectivity index (χ1n) is 5.63. The van der Waals surface area contributed by atoms with Crippen LogP contribution >= 0.6 is 0 Å². The van der Waals surface area contributed by atoms with E-state index in [1.807, 2.05) is 0 Å². The summed E-state index contributed by atoms with van der Waals surface area (Å²) < 4.78 is 16.8. The Kier molecular flexibility index (Phi) is 9.13. The van der Waals surface area contributed by atoms with Gasteiger partial charge in [0.15, 0.2) is 0 Å². The maximum absolute atomic E-state index is 12.0. The van der Waals surface area contributed by atoms with Crippen molar-refractivity contribution in [3.05, 3.63) is 12.2 Å². The van der Waals surface area contributed by atoms with Gasteiger partial charge in [-0.15, -0.1) is 0 Å². The van der Waals surface area contributed by atoms with Crippen molar-refractivity contribution in [3.8, 4) is 0 Å². The lowest BCUT2D eigenvalue weighted by Gasteiger charge is -2.04. The Labute approximate surface area is 91.5 Å². The molecule has 88 valence electrons. The molecule has 3 heteroatoms. The molecule has 0 bridgehead atoms. The van der Waals surface area contributed by atoms with Crippen LogP contribution in [0.15, 0.2) is 12.2 Å². The van der Waals surface area contributed by atoms with E-state index in [-0.39, 0.29) is 5.57 Å². The molecule has 0 atom stereocenters. The Bertz CT molecular complexity index is 190. The molecule has 0 aliphatic heterocycles. The fraction of sp³-hybridized carbons (Fsp3) is 0.750. The molecule has 0 aromatic heterocycles. The Hall–Kier alpha value is -0.860. The van der Waals surface area contributed by atoms with Crippen LogP contribution in [-0.4, -0.2) is 19.3 Å². The van der Waals surface area contributed by atoms with E-state index >= 15 is 0 Å². The van der Waals surface area contributed by atoms with Crippen LogP contribution < -0.4 is 0 Å². The van der Waals surface area contributed by atoms with E-state index in [1.54, 1.807) is 0 Å². The molecular weight excluding hydrogens is 195 g/mol. The zero-order valence-corrected chi connectivity index (χ0v) is 9.56. The molecule has 0 aromatic rings. The molecule has 0 N–H and O–H groups in total. The largest absolute Gasteiger partial charge is 0.462 e. The summed E-state index contributed by atoms with van der Waals surface area (Å²) in [5.41, 5.74) is -0.0963. The minimum Gasteiger partial charge on any atom is -0.462 e. The Balaban J connectivity index is 3.24. The van der Waals surface area contributed by atoms with Crippen LogP contribution in [0.1, 0.15) is 45.4 Å². The van der Waals surface area contributed by atoms with Gasteiger partial charge < -0.3 is 4.74 Å². The first kappa shape index (κ1) is 14.1. The molecule has 0 saturated carbocycles. The molecule has 0 unspecified atom stereocenters. The summed E-state index contributed by atoms with van der Waals surface area (Å²) in [4.78, 5) is 10.9. The fourth-order valence-corrected chi connectivity index (χ4v) is 1.20. The van der Waals surface area contributed by atoms with E-state index in [0.29, 0.717) is 6.61 Å². The number of carbonyl (C=O) groups excluding carboxylic acids is 1. The van der Waals surface area contributed by atoms with Crippen LogP contribution in [0.5, 0.6) is 0 Å². The number of alkyl halides is 1. The van der Waals surface area contributed by atoms with Crippen LogP contribution in [0, 0.1) is 0 Å². The molecule has 0 radical (unpaired) electrons. The second-order valence-electron chi connectivity index (χ2n) is 3.64. The third-order valence-corrected chi connectivity index (χ3v) is 2.18. The molecule has 0 spiro atoms. The van der Waals surface area contributed by atoms with Crippen LogP contribution in [0.2, 0.25) is 0 Å². The van der Waals surface area contributed by atoms with Gasteiger partial charge in [0.1, 0.15) is 6.67 Å². The van der Waals surface area contributed by atoms with Crippen molar-refractivity contribution >= 4 is 5.97 Å². The van der Waals surface area contributed by atoms with Crippen LogP contribution in [-0.2, 0) is 9.53 Å². The molecule has 15 heavy (non-hydrogen) atoms. The predicted octanol–water partition coefficient (Wildman–Crippen LogP) is 3.42. The van der Waals surface area contributed by atoms with E-state index in [1.165, 1.54) is 25.7 Å². The first-order valence-corrected chi connectivity index (χ1v) is 5.63. The monoisotopic (exact) mass is 216 g/mol. The third-order valence-electron chi connectivity index (χ3n) is 2.18. The van der Waals surface area contributed by atoms with Gasteiger partial charge in [-0.05, 0) is 6.42 Å².